The summed E-state index contributed by atoms with van der Waals surface area (Å²) in [4.78, 5) is 17.1. The second-order valence-electron chi connectivity index (χ2n) is 11.0. The summed E-state index contributed by atoms with van der Waals surface area (Å²) in [6.45, 7) is 16.6. The van der Waals surface area contributed by atoms with E-state index in [0.29, 0.717) is 50.1 Å². The Morgan fingerprint density at radius 1 is 1.09 bits per heavy atom. The van der Waals surface area contributed by atoms with Crippen molar-refractivity contribution in [2.75, 3.05) is 37.7 Å². The van der Waals surface area contributed by atoms with Crippen LogP contribution in [0.15, 0.2) is 18.2 Å². The minimum atomic E-state index is -1.95. The van der Waals surface area contributed by atoms with Gasteiger partial charge in [0.25, 0.3) is 0 Å². The number of benzene rings is 1. The third kappa shape index (κ3) is 6.37. The molecule has 1 amide bonds. The topological polar surface area (TPSA) is 42.0 Å². The van der Waals surface area contributed by atoms with Gasteiger partial charge >= 0.3 is 0 Å². The van der Waals surface area contributed by atoms with E-state index < -0.39 is 8.32 Å². The van der Waals surface area contributed by atoms with Gasteiger partial charge < -0.3 is 19.0 Å². The van der Waals surface area contributed by atoms with Crippen LogP contribution in [-0.4, -0.2) is 58.0 Å². The molecule has 3 rings (SSSR count). The van der Waals surface area contributed by atoms with E-state index in [0.717, 1.165) is 32.3 Å². The molecule has 2 fully saturated rings. The van der Waals surface area contributed by atoms with Gasteiger partial charge in [-0.15, -0.1) is 0 Å². The first-order chi connectivity index (χ1) is 15.5. The van der Waals surface area contributed by atoms with Gasteiger partial charge in [-0.2, -0.15) is 0 Å². The van der Waals surface area contributed by atoms with E-state index in [-0.39, 0.29) is 22.7 Å². The molecule has 0 radical (unpaired) electrons. The van der Waals surface area contributed by atoms with E-state index in [9.17, 15) is 4.79 Å². The lowest BCUT2D eigenvalue weighted by molar-refractivity contribution is -0.137. The number of nitrogens with zero attached hydrogens (tertiary/aromatic N) is 2. The van der Waals surface area contributed by atoms with Crippen LogP contribution in [0.5, 0.6) is 0 Å². The molecule has 33 heavy (non-hydrogen) atoms. The Balaban J connectivity index is 1.55. The number of carbonyl (C=O) groups is 1. The van der Waals surface area contributed by atoms with Crippen molar-refractivity contribution >= 4 is 19.9 Å². The van der Waals surface area contributed by atoms with Crippen molar-refractivity contribution in [3.05, 3.63) is 29.6 Å². The van der Waals surface area contributed by atoms with Crippen LogP contribution in [0.1, 0.15) is 58.9 Å². The molecule has 0 unspecified atom stereocenters. The van der Waals surface area contributed by atoms with Crippen molar-refractivity contribution in [1.29, 1.82) is 0 Å². The summed E-state index contributed by atoms with van der Waals surface area (Å²) in [6, 6.07) is 5.58. The first kappa shape index (κ1) is 26.2. The SMILES string of the molecule is CCO[C@H]1CC[C@@H](C(=O)N2CCN(c3cccc(CO[Si](C)(C)C(C)(C)C)c3F)CC2)CC1. The average molecular weight is 479 g/mol. The highest BCUT2D eigenvalue weighted by atomic mass is 28.4. The van der Waals surface area contributed by atoms with Gasteiger partial charge in [0, 0.05) is 44.3 Å². The number of halogens is 1. The molecule has 1 aromatic carbocycles. The number of anilines is 1. The predicted octanol–water partition coefficient (Wildman–Crippen LogP) is 5.59. The molecular formula is C26H43FN2O3Si. The van der Waals surface area contributed by atoms with E-state index in [4.69, 9.17) is 9.16 Å². The third-order valence-electron chi connectivity index (χ3n) is 7.81. The van der Waals surface area contributed by atoms with Crippen LogP contribution in [0.2, 0.25) is 18.1 Å². The van der Waals surface area contributed by atoms with Crippen molar-refractivity contribution in [2.45, 2.75) is 84.2 Å². The summed E-state index contributed by atoms with van der Waals surface area (Å²) in [7, 11) is -1.95. The number of ether oxygens (including phenoxy) is 1. The van der Waals surface area contributed by atoms with E-state index in [1.807, 2.05) is 30.0 Å². The second kappa shape index (κ2) is 10.9. The van der Waals surface area contributed by atoms with Crippen molar-refractivity contribution in [1.82, 2.24) is 4.90 Å². The molecule has 0 spiro atoms. The van der Waals surface area contributed by atoms with Crippen molar-refractivity contribution < 1.29 is 18.3 Å². The minimum Gasteiger partial charge on any atom is -0.412 e. The number of amides is 1. The van der Waals surface area contributed by atoms with Crippen molar-refractivity contribution in [3.8, 4) is 0 Å². The van der Waals surface area contributed by atoms with Crippen molar-refractivity contribution in [2.24, 2.45) is 5.92 Å². The number of hydrogen-bond donors (Lipinski definition) is 0. The molecule has 5 nitrogen and oxygen atoms in total. The predicted molar refractivity (Wildman–Crippen MR) is 135 cm³/mol. The number of carbonyl (C=O) groups excluding carboxylic acids is 1. The van der Waals surface area contributed by atoms with Crippen molar-refractivity contribution in [3.63, 3.8) is 0 Å². The van der Waals surface area contributed by atoms with Gasteiger partial charge in [-0.3, -0.25) is 4.79 Å². The maximum Gasteiger partial charge on any atom is 0.225 e. The van der Waals surface area contributed by atoms with Crippen LogP contribution in [0.25, 0.3) is 0 Å². The Morgan fingerprint density at radius 3 is 2.30 bits per heavy atom. The zero-order chi connectivity index (χ0) is 24.2. The molecule has 7 heteroatoms. The first-order valence-electron chi connectivity index (χ1n) is 12.6. The minimum absolute atomic E-state index is 0.0895. The van der Waals surface area contributed by atoms with Gasteiger partial charge in [-0.1, -0.05) is 32.9 Å². The second-order valence-corrected chi connectivity index (χ2v) is 15.8. The summed E-state index contributed by atoms with van der Waals surface area (Å²) >= 11 is 0. The van der Waals surface area contributed by atoms with Gasteiger partial charge in [0.15, 0.2) is 14.1 Å². The fourth-order valence-electron chi connectivity index (χ4n) is 4.53. The zero-order valence-electron chi connectivity index (χ0n) is 21.5. The molecule has 1 saturated heterocycles. The highest BCUT2D eigenvalue weighted by Crippen LogP contribution is 2.37. The van der Waals surface area contributed by atoms with Crippen LogP contribution < -0.4 is 4.90 Å². The fraction of sp³-hybridized carbons (Fsp3) is 0.731. The van der Waals surface area contributed by atoms with Gasteiger partial charge in [0.2, 0.25) is 5.91 Å². The Kier molecular flexibility index (Phi) is 8.62. The molecule has 2 aliphatic rings. The summed E-state index contributed by atoms with van der Waals surface area (Å²) in [5.41, 5.74) is 1.23. The number of hydrogen-bond acceptors (Lipinski definition) is 4. The normalized spacial score (nSPS) is 22.5. The van der Waals surface area contributed by atoms with Gasteiger partial charge in [-0.25, -0.2) is 4.39 Å². The largest absolute Gasteiger partial charge is 0.412 e. The maximum absolute atomic E-state index is 15.4. The summed E-state index contributed by atoms with van der Waals surface area (Å²) in [5.74, 6) is 0.188. The Hall–Kier alpha value is -1.44. The quantitative estimate of drug-likeness (QED) is 0.479. The molecule has 0 N–H and O–H groups in total. The molecule has 1 heterocycles. The maximum atomic E-state index is 15.4. The number of rotatable bonds is 7. The Morgan fingerprint density at radius 2 is 1.73 bits per heavy atom. The molecule has 1 saturated carbocycles. The lowest BCUT2D eigenvalue weighted by Gasteiger charge is -2.39. The molecule has 1 aromatic rings. The van der Waals surface area contributed by atoms with E-state index >= 15 is 4.39 Å². The molecule has 0 aromatic heterocycles. The third-order valence-corrected chi connectivity index (χ3v) is 12.3. The Bertz CT molecular complexity index is 795. The standard InChI is InChI=1S/C26H43FN2O3Si/c1-7-31-22-13-11-20(12-14-22)25(30)29-17-15-28(16-18-29)23-10-8-9-21(24(23)27)19-32-33(5,6)26(2,3)4/h8-10,20,22H,7,11-19H2,1-6H3/t20-,22+. The molecule has 186 valence electrons. The first-order valence-corrected chi connectivity index (χ1v) is 15.5. The van der Waals surface area contributed by atoms with Gasteiger partial charge in [0.05, 0.1) is 18.4 Å². The lowest BCUT2D eigenvalue weighted by atomic mass is 9.86. The van der Waals surface area contributed by atoms with Crippen LogP contribution in [0.4, 0.5) is 10.1 Å². The van der Waals surface area contributed by atoms with E-state index in [1.165, 1.54) is 0 Å². The smallest absolute Gasteiger partial charge is 0.225 e. The molecule has 0 atom stereocenters. The molecule has 1 aliphatic carbocycles. The van der Waals surface area contributed by atoms with Gasteiger partial charge in [-0.05, 0) is 56.8 Å². The lowest BCUT2D eigenvalue weighted by Crippen LogP contribution is -2.51. The fourth-order valence-corrected chi connectivity index (χ4v) is 5.48. The van der Waals surface area contributed by atoms with Gasteiger partial charge in [0.1, 0.15) is 0 Å². The average Bonchev–Trinajstić information content (AvgIpc) is 2.78. The van der Waals surface area contributed by atoms with E-state index in [2.05, 4.69) is 38.8 Å². The van der Waals surface area contributed by atoms with Crippen LogP contribution in [0.3, 0.4) is 0 Å². The van der Waals surface area contributed by atoms with Crippen LogP contribution >= 0.6 is 0 Å². The highest BCUT2D eigenvalue weighted by Gasteiger charge is 2.37. The highest BCUT2D eigenvalue weighted by molar-refractivity contribution is 6.74. The summed E-state index contributed by atoms with van der Waals surface area (Å²) in [6.07, 6.45) is 4.08. The molecule has 1 aliphatic heterocycles. The number of piperazine rings is 1. The Labute approximate surface area is 200 Å². The molecular weight excluding hydrogens is 435 g/mol. The monoisotopic (exact) mass is 478 g/mol. The van der Waals surface area contributed by atoms with Crippen LogP contribution in [0, 0.1) is 11.7 Å². The zero-order valence-corrected chi connectivity index (χ0v) is 22.5. The molecule has 0 bridgehead atoms. The van der Waals surface area contributed by atoms with E-state index in [1.54, 1.807) is 0 Å². The van der Waals surface area contributed by atoms with Crippen LogP contribution in [-0.2, 0) is 20.6 Å². The summed E-state index contributed by atoms with van der Waals surface area (Å²) in [5, 5.41) is 0.0895. The summed E-state index contributed by atoms with van der Waals surface area (Å²) < 4.78 is 27.4.